The summed E-state index contributed by atoms with van der Waals surface area (Å²) in [6.07, 6.45) is 3.68. The maximum atomic E-state index is 6.07. The van der Waals surface area contributed by atoms with Gasteiger partial charge in [0.1, 0.15) is 0 Å². The molecule has 1 unspecified atom stereocenters. The summed E-state index contributed by atoms with van der Waals surface area (Å²) in [6.45, 7) is 6.71. The van der Waals surface area contributed by atoms with Crippen LogP contribution in [0.3, 0.4) is 0 Å². The minimum absolute atomic E-state index is 0.530. The van der Waals surface area contributed by atoms with Gasteiger partial charge in [0.05, 0.1) is 6.54 Å². The second-order valence-corrected chi connectivity index (χ2v) is 6.68. The van der Waals surface area contributed by atoms with Crippen molar-refractivity contribution < 1.29 is 0 Å². The molecule has 5 nitrogen and oxygen atoms in total. The average molecular weight is 299 g/mol. The Bertz CT molecular complexity index is 574. The summed E-state index contributed by atoms with van der Waals surface area (Å²) < 4.78 is 0. The van der Waals surface area contributed by atoms with Crippen molar-refractivity contribution >= 4 is 11.6 Å². The highest BCUT2D eigenvalue weighted by molar-refractivity contribution is 5.92. The molecule has 118 valence electrons. The predicted molar refractivity (Wildman–Crippen MR) is 90.4 cm³/mol. The molecule has 4 aliphatic rings. The van der Waals surface area contributed by atoms with E-state index in [-0.39, 0.29) is 0 Å². The molecule has 3 aliphatic heterocycles. The number of fused-ring (bicyclic) bond motifs is 4. The second kappa shape index (κ2) is 5.89. The Kier molecular flexibility index (Phi) is 3.76. The van der Waals surface area contributed by atoms with E-state index >= 15 is 0 Å². The lowest BCUT2D eigenvalue weighted by Crippen LogP contribution is -2.61. The number of nitrogens with one attached hydrogen (secondary N) is 1. The van der Waals surface area contributed by atoms with Crippen molar-refractivity contribution in [3.05, 3.63) is 29.3 Å². The first-order valence-corrected chi connectivity index (χ1v) is 8.43. The molecule has 3 heterocycles. The minimum Gasteiger partial charge on any atom is -0.370 e. The summed E-state index contributed by atoms with van der Waals surface area (Å²) in [6, 6.07) is 7.09. The van der Waals surface area contributed by atoms with Gasteiger partial charge in [-0.3, -0.25) is 14.8 Å². The fourth-order valence-electron chi connectivity index (χ4n) is 3.94. The fraction of sp³-hybridized carbons (Fsp3) is 0.588. The molecule has 0 amide bonds. The van der Waals surface area contributed by atoms with Crippen LogP contribution in [0.2, 0.25) is 0 Å². The Hall–Kier alpha value is -1.59. The first kappa shape index (κ1) is 14.0. The highest BCUT2D eigenvalue weighted by Gasteiger charge is 2.31. The number of anilines is 1. The van der Waals surface area contributed by atoms with E-state index in [0.717, 1.165) is 18.8 Å². The largest absolute Gasteiger partial charge is 0.370 e. The van der Waals surface area contributed by atoms with Gasteiger partial charge < -0.3 is 11.1 Å². The Morgan fingerprint density at radius 1 is 1.18 bits per heavy atom. The van der Waals surface area contributed by atoms with E-state index in [2.05, 4.69) is 38.3 Å². The van der Waals surface area contributed by atoms with Crippen molar-refractivity contribution in [2.24, 2.45) is 10.7 Å². The summed E-state index contributed by atoms with van der Waals surface area (Å²) in [4.78, 5) is 9.65. The third-order valence-corrected chi connectivity index (χ3v) is 5.24. The molecular formula is C17H25N5. The van der Waals surface area contributed by atoms with Crippen molar-refractivity contribution in [1.29, 1.82) is 0 Å². The zero-order valence-electron chi connectivity index (χ0n) is 13.1. The van der Waals surface area contributed by atoms with Crippen molar-refractivity contribution in [2.45, 2.75) is 25.3 Å². The third kappa shape index (κ3) is 2.83. The van der Waals surface area contributed by atoms with E-state index in [1.54, 1.807) is 0 Å². The van der Waals surface area contributed by atoms with Gasteiger partial charge in [-0.25, -0.2) is 0 Å². The molecule has 5 rings (SSSR count). The van der Waals surface area contributed by atoms with Gasteiger partial charge in [0.2, 0.25) is 0 Å². The Balaban J connectivity index is 1.36. The Labute approximate surface area is 132 Å². The molecule has 1 aliphatic carbocycles. The maximum absolute atomic E-state index is 6.07. The zero-order valence-corrected chi connectivity index (χ0v) is 13.1. The van der Waals surface area contributed by atoms with E-state index < -0.39 is 0 Å². The zero-order chi connectivity index (χ0) is 14.9. The van der Waals surface area contributed by atoms with Crippen LogP contribution < -0.4 is 11.1 Å². The molecule has 3 saturated heterocycles. The highest BCUT2D eigenvalue weighted by Crippen LogP contribution is 2.24. The van der Waals surface area contributed by atoms with E-state index in [1.807, 2.05) is 0 Å². The van der Waals surface area contributed by atoms with Crippen LogP contribution in [0.5, 0.6) is 0 Å². The molecule has 0 spiro atoms. The number of hydrogen-bond acceptors (Lipinski definition) is 3. The van der Waals surface area contributed by atoms with Gasteiger partial charge in [0, 0.05) is 44.5 Å². The molecule has 3 fully saturated rings. The van der Waals surface area contributed by atoms with Crippen molar-refractivity contribution in [2.75, 3.05) is 44.6 Å². The summed E-state index contributed by atoms with van der Waals surface area (Å²) in [7, 11) is 0. The summed E-state index contributed by atoms with van der Waals surface area (Å²) in [5.41, 5.74) is 10.1. The molecule has 5 heteroatoms. The Morgan fingerprint density at radius 3 is 2.77 bits per heavy atom. The van der Waals surface area contributed by atoms with Gasteiger partial charge in [-0.15, -0.1) is 0 Å². The van der Waals surface area contributed by atoms with Crippen molar-refractivity contribution in [3.8, 4) is 0 Å². The number of hydrogen-bond donors (Lipinski definition) is 2. The number of piperazine rings is 3. The normalized spacial score (nSPS) is 30.4. The molecule has 3 N–H and O–H groups in total. The van der Waals surface area contributed by atoms with E-state index in [1.165, 1.54) is 56.6 Å². The van der Waals surface area contributed by atoms with Crippen LogP contribution >= 0.6 is 0 Å². The summed E-state index contributed by atoms with van der Waals surface area (Å²) >= 11 is 0. The molecule has 1 aromatic rings. The number of nitrogens with two attached hydrogens (primary N) is 1. The highest BCUT2D eigenvalue weighted by atomic mass is 15.3. The number of guanidine groups is 1. The average Bonchev–Trinajstić information content (AvgIpc) is 3.02. The van der Waals surface area contributed by atoms with Crippen molar-refractivity contribution in [3.63, 3.8) is 0 Å². The van der Waals surface area contributed by atoms with Crippen LogP contribution in [0.15, 0.2) is 23.2 Å². The fourth-order valence-corrected chi connectivity index (χ4v) is 3.94. The van der Waals surface area contributed by atoms with Gasteiger partial charge in [0.25, 0.3) is 0 Å². The van der Waals surface area contributed by atoms with E-state index in [4.69, 9.17) is 5.73 Å². The number of aryl methyl sites for hydroxylation is 2. The smallest absolute Gasteiger partial charge is 0.193 e. The van der Waals surface area contributed by atoms with Gasteiger partial charge in [0.15, 0.2) is 5.96 Å². The molecule has 0 aromatic heterocycles. The maximum Gasteiger partial charge on any atom is 0.193 e. The van der Waals surface area contributed by atoms with Gasteiger partial charge in [-0.1, -0.05) is 6.07 Å². The molecule has 22 heavy (non-hydrogen) atoms. The van der Waals surface area contributed by atoms with Crippen LogP contribution in [-0.2, 0) is 12.8 Å². The number of nitrogens with zero attached hydrogens (tertiary/aromatic N) is 3. The van der Waals surface area contributed by atoms with Crippen LogP contribution in [0.4, 0.5) is 5.69 Å². The lowest BCUT2D eigenvalue weighted by molar-refractivity contribution is 0.0174. The summed E-state index contributed by atoms with van der Waals surface area (Å²) in [5, 5.41) is 3.25. The number of rotatable bonds is 3. The molecule has 1 aromatic carbocycles. The molecular weight excluding hydrogens is 274 g/mol. The third-order valence-electron chi connectivity index (χ3n) is 5.24. The van der Waals surface area contributed by atoms with Gasteiger partial charge in [-0.2, -0.15) is 0 Å². The first-order valence-electron chi connectivity index (χ1n) is 8.43. The van der Waals surface area contributed by atoms with Crippen LogP contribution in [-0.4, -0.2) is 61.1 Å². The van der Waals surface area contributed by atoms with Gasteiger partial charge in [-0.05, 0) is 42.5 Å². The number of aliphatic imine (C=N–C) groups is 1. The van der Waals surface area contributed by atoms with E-state index in [9.17, 15) is 0 Å². The molecule has 2 bridgehead atoms. The lowest BCUT2D eigenvalue weighted by Gasteiger charge is -2.47. The summed E-state index contributed by atoms with van der Waals surface area (Å²) in [5.74, 6) is 0.538. The monoisotopic (exact) mass is 299 g/mol. The lowest BCUT2D eigenvalue weighted by atomic mass is 10.1. The topological polar surface area (TPSA) is 56.9 Å². The van der Waals surface area contributed by atoms with E-state index in [0.29, 0.717) is 12.0 Å². The quantitative estimate of drug-likeness (QED) is 0.643. The number of benzene rings is 1. The molecule has 0 radical (unpaired) electrons. The molecule has 1 atom stereocenters. The van der Waals surface area contributed by atoms with Gasteiger partial charge >= 0.3 is 0 Å². The van der Waals surface area contributed by atoms with Crippen LogP contribution in [0.25, 0.3) is 0 Å². The van der Waals surface area contributed by atoms with Crippen molar-refractivity contribution in [1.82, 2.24) is 9.80 Å². The predicted octanol–water partition coefficient (Wildman–Crippen LogP) is 0.902. The van der Waals surface area contributed by atoms with Crippen LogP contribution in [0, 0.1) is 0 Å². The van der Waals surface area contributed by atoms with Crippen LogP contribution in [0.1, 0.15) is 17.5 Å². The second-order valence-electron chi connectivity index (χ2n) is 6.68. The Morgan fingerprint density at radius 2 is 2.00 bits per heavy atom. The molecule has 0 saturated carbocycles. The SMILES string of the molecule is NC(=NCC1CN2CCN1CC2)Nc1ccc2c(c1)CCC2. The standard InChI is InChI=1S/C17H25N5/c18-17(19-11-16-12-21-6-8-22(16)9-7-21)20-15-5-4-13-2-1-3-14(13)10-15/h4-5,10,16H,1-3,6-9,11-12H2,(H3,18,19,20). The minimum atomic E-state index is 0.530. The first-order chi connectivity index (χ1) is 10.8.